The van der Waals surface area contributed by atoms with Gasteiger partial charge in [0.25, 0.3) is 5.91 Å². The van der Waals surface area contributed by atoms with Crippen LogP contribution >= 0.6 is 11.3 Å². The first-order valence-corrected chi connectivity index (χ1v) is 11.0. The minimum absolute atomic E-state index is 0.0450. The largest absolute Gasteiger partial charge is 0.495 e. The molecule has 7 nitrogen and oxygen atoms in total. The van der Waals surface area contributed by atoms with E-state index in [0.717, 1.165) is 23.1 Å². The molecule has 3 aromatic rings. The highest BCUT2D eigenvalue weighted by Crippen LogP contribution is 2.28. The Labute approximate surface area is 166 Å². The number of para-hydroxylation sites is 1. The lowest BCUT2D eigenvalue weighted by atomic mass is 10.2. The fourth-order valence-corrected chi connectivity index (χ4v) is 5.36. The number of aryl methyl sites for hydroxylation is 1. The van der Waals surface area contributed by atoms with Gasteiger partial charge in [-0.3, -0.25) is 4.79 Å². The lowest BCUT2D eigenvalue weighted by Crippen LogP contribution is -2.26. The molecule has 4 rings (SSSR count). The predicted molar refractivity (Wildman–Crippen MR) is 107 cm³/mol. The van der Waals surface area contributed by atoms with Crippen LogP contribution in [0.25, 0.3) is 10.2 Å². The molecule has 1 heterocycles. The minimum atomic E-state index is -3.77. The number of amides is 1. The summed E-state index contributed by atoms with van der Waals surface area (Å²) in [5.74, 6) is -0.315. The van der Waals surface area contributed by atoms with Crippen molar-refractivity contribution < 1.29 is 17.9 Å². The molecular weight excluding hydrogens is 398 g/mol. The Kier molecular flexibility index (Phi) is 4.82. The van der Waals surface area contributed by atoms with Crippen molar-refractivity contribution in [1.82, 2.24) is 9.29 Å². The highest BCUT2D eigenvalue weighted by Gasteiger charge is 2.30. The van der Waals surface area contributed by atoms with Gasteiger partial charge < -0.3 is 9.30 Å². The lowest BCUT2D eigenvalue weighted by molar-refractivity contribution is 0.0997. The molecule has 0 spiro atoms. The zero-order chi connectivity index (χ0) is 19.9. The van der Waals surface area contributed by atoms with Crippen molar-refractivity contribution >= 4 is 37.5 Å². The summed E-state index contributed by atoms with van der Waals surface area (Å²) in [5, 5.41) is 0. The summed E-state index contributed by atoms with van der Waals surface area (Å²) in [4.78, 5) is 17.4. The summed E-state index contributed by atoms with van der Waals surface area (Å²) in [6.45, 7) is 0. The summed E-state index contributed by atoms with van der Waals surface area (Å²) in [6, 6.07) is 12.1. The molecule has 0 atom stereocenters. The highest BCUT2D eigenvalue weighted by atomic mass is 32.2. The zero-order valence-electron chi connectivity index (χ0n) is 15.4. The van der Waals surface area contributed by atoms with Crippen molar-refractivity contribution in [2.45, 2.75) is 23.8 Å². The number of ether oxygens (including phenoxy) is 1. The van der Waals surface area contributed by atoms with Crippen molar-refractivity contribution in [3.8, 4) is 5.75 Å². The molecule has 1 N–H and O–H groups in total. The van der Waals surface area contributed by atoms with Gasteiger partial charge in [0.2, 0.25) is 10.0 Å². The number of hydrogen-bond donors (Lipinski definition) is 1. The number of fused-ring (bicyclic) bond motifs is 1. The standard InChI is InChI=1S/C19H19N3O4S2/c1-22-14-5-3-4-6-16(14)27-19(22)20-18(23)12-7-10-15(26-2)17(11-12)28(24,25)21-13-8-9-13/h3-7,10-11,13,21H,8-9H2,1-2H3. The molecule has 2 aromatic carbocycles. The van der Waals surface area contributed by atoms with Gasteiger partial charge in [-0.25, -0.2) is 13.1 Å². The van der Waals surface area contributed by atoms with Crippen LogP contribution in [0.4, 0.5) is 0 Å². The number of carbonyl (C=O) groups is 1. The normalized spacial score (nSPS) is 15.1. The highest BCUT2D eigenvalue weighted by molar-refractivity contribution is 7.89. The molecule has 1 saturated carbocycles. The quantitative estimate of drug-likeness (QED) is 0.690. The van der Waals surface area contributed by atoms with Gasteiger partial charge >= 0.3 is 0 Å². The Morgan fingerprint density at radius 1 is 1.25 bits per heavy atom. The second-order valence-corrected chi connectivity index (χ2v) is 9.28. The molecule has 0 bridgehead atoms. The number of benzene rings is 2. The van der Waals surface area contributed by atoms with E-state index in [9.17, 15) is 13.2 Å². The van der Waals surface area contributed by atoms with Gasteiger partial charge in [-0.2, -0.15) is 4.99 Å². The smallest absolute Gasteiger partial charge is 0.279 e. The third-order valence-corrected chi connectivity index (χ3v) is 7.17. The molecular formula is C19H19N3O4S2. The number of nitrogens with one attached hydrogen (secondary N) is 1. The van der Waals surface area contributed by atoms with E-state index >= 15 is 0 Å². The Bertz CT molecular complexity index is 1240. The average Bonchev–Trinajstić information content (AvgIpc) is 3.44. The second-order valence-electron chi connectivity index (χ2n) is 6.59. The molecule has 9 heteroatoms. The average molecular weight is 418 g/mol. The van der Waals surface area contributed by atoms with Gasteiger partial charge in [0, 0.05) is 18.7 Å². The van der Waals surface area contributed by atoms with Crippen LogP contribution in [0.3, 0.4) is 0 Å². The fraction of sp³-hybridized carbons (Fsp3) is 0.263. The summed E-state index contributed by atoms with van der Waals surface area (Å²) in [7, 11) is -0.530. The molecule has 146 valence electrons. The maximum Gasteiger partial charge on any atom is 0.279 e. The Balaban J connectivity index is 1.75. The van der Waals surface area contributed by atoms with E-state index in [1.165, 1.54) is 36.6 Å². The van der Waals surface area contributed by atoms with Gasteiger partial charge in [-0.15, -0.1) is 0 Å². The van der Waals surface area contributed by atoms with E-state index in [1.807, 2.05) is 35.9 Å². The van der Waals surface area contributed by atoms with E-state index in [-0.39, 0.29) is 22.3 Å². The number of sulfonamides is 1. The van der Waals surface area contributed by atoms with Crippen LogP contribution in [0, 0.1) is 0 Å². The van der Waals surface area contributed by atoms with E-state index in [1.54, 1.807) is 0 Å². The number of thiazole rings is 1. The van der Waals surface area contributed by atoms with Crippen LogP contribution in [0.2, 0.25) is 0 Å². The monoisotopic (exact) mass is 417 g/mol. The number of hydrogen-bond acceptors (Lipinski definition) is 5. The SMILES string of the molecule is COc1ccc(C(=O)N=c2sc3ccccc3n2C)cc1S(=O)(=O)NC1CC1. The van der Waals surface area contributed by atoms with E-state index in [0.29, 0.717) is 4.80 Å². The molecule has 1 aliphatic carbocycles. The third-order valence-electron chi connectivity index (χ3n) is 4.51. The molecule has 0 aliphatic heterocycles. The van der Waals surface area contributed by atoms with Crippen LogP contribution in [-0.4, -0.2) is 32.0 Å². The minimum Gasteiger partial charge on any atom is -0.495 e. The van der Waals surface area contributed by atoms with Crippen LogP contribution in [-0.2, 0) is 17.1 Å². The van der Waals surface area contributed by atoms with Crippen LogP contribution in [0.5, 0.6) is 5.75 Å². The topological polar surface area (TPSA) is 89.8 Å². The van der Waals surface area contributed by atoms with E-state index < -0.39 is 15.9 Å². The molecule has 1 fully saturated rings. The van der Waals surface area contributed by atoms with Gasteiger partial charge in [0.1, 0.15) is 10.6 Å². The lowest BCUT2D eigenvalue weighted by Gasteiger charge is -2.11. The van der Waals surface area contributed by atoms with Gasteiger partial charge in [-0.1, -0.05) is 23.5 Å². The maximum absolute atomic E-state index is 12.7. The molecule has 0 unspecified atom stereocenters. The molecule has 1 aromatic heterocycles. The zero-order valence-corrected chi connectivity index (χ0v) is 17.0. The molecule has 1 aliphatic rings. The van der Waals surface area contributed by atoms with Crippen molar-refractivity contribution in [1.29, 1.82) is 0 Å². The van der Waals surface area contributed by atoms with Gasteiger partial charge in [0.15, 0.2) is 4.80 Å². The number of nitrogens with zero attached hydrogens (tertiary/aromatic N) is 2. The first-order chi connectivity index (χ1) is 13.4. The van der Waals surface area contributed by atoms with Crippen LogP contribution in [0.1, 0.15) is 23.2 Å². The second kappa shape index (κ2) is 7.16. The number of carbonyl (C=O) groups excluding carboxylic acids is 1. The Morgan fingerprint density at radius 2 is 2.00 bits per heavy atom. The number of rotatable bonds is 5. The summed E-state index contributed by atoms with van der Waals surface area (Å²) in [6.07, 6.45) is 1.63. The molecule has 28 heavy (non-hydrogen) atoms. The number of aromatic nitrogens is 1. The van der Waals surface area contributed by atoms with Gasteiger partial charge in [-0.05, 0) is 43.2 Å². The summed E-state index contributed by atoms with van der Waals surface area (Å²) in [5.41, 5.74) is 1.17. The number of methoxy groups -OCH3 is 1. The Morgan fingerprint density at radius 3 is 2.68 bits per heavy atom. The first-order valence-electron chi connectivity index (χ1n) is 8.73. The van der Waals surface area contributed by atoms with Crippen molar-refractivity contribution in [2.75, 3.05) is 7.11 Å². The van der Waals surface area contributed by atoms with Crippen LogP contribution in [0.15, 0.2) is 52.4 Å². The summed E-state index contributed by atoms with van der Waals surface area (Å²) < 4.78 is 35.9. The van der Waals surface area contributed by atoms with Crippen LogP contribution < -0.4 is 14.3 Å². The van der Waals surface area contributed by atoms with Crippen molar-refractivity contribution in [3.63, 3.8) is 0 Å². The molecule has 1 amide bonds. The van der Waals surface area contributed by atoms with Crippen molar-refractivity contribution in [3.05, 3.63) is 52.8 Å². The predicted octanol–water partition coefficient (Wildman–Crippen LogP) is 2.43. The fourth-order valence-electron chi connectivity index (χ4n) is 2.84. The molecule has 0 saturated heterocycles. The van der Waals surface area contributed by atoms with Crippen molar-refractivity contribution in [2.24, 2.45) is 12.0 Å². The van der Waals surface area contributed by atoms with Gasteiger partial charge in [0.05, 0.1) is 17.3 Å². The molecule has 0 radical (unpaired) electrons. The van der Waals surface area contributed by atoms with E-state index in [4.69, 9.17) is 4.74 Å². The third kappa shape index (κ3) is 3.60. The Hall–Kier alpha value is -2.49. The maximum atomic E-state index is 12.7. The first kappa shape index (κ1) is 18.9. The van der Waals surface area contributed by atoms with E-state index in [2.05, 4.69) is 9.71 Å². The summed E-state index contributed by atoms with van der Waals surface area (Å²) >= 11 is 1.40.